The molecule has 5 N–H and O–H groups in total. The van der Waals surface area contributed by atoms with Crippen LogP contribution in [0.4, 0.5) is 0 Å². The van der Waals surface area contributed by atoms with Gasteiger partial charge in [0.25, 0.3) is 5.91 Å². The van der Waals surface area contributed by atoms with E-state index < -0.39 is 18.2 Å². The van der Waals surface area contributed by atoms with Gasteiger partial charge in [-0.25, -0.2) is 0 Å². The summed E-state index contributed by atoms with van der Waals surface area (Å²) in [5, 5.41) is 22.5. The summed E-state index contributed by atoms with van der Waals surface area (Å²) in [5.41, 5.74) is 6.25. The van der Waals surface area contributed by atoms with E-state index in [0.717, 1.165) is 5.56 Å². The monoisotopic (exact) mass is 360 g/mol. The third kappa shape index (κ3) is 5.65. The van der Waals surface area contributed by atoms with Crippen molar-refractivity contribution in [3.05, 3.63) is 53.6 Å². The number of nitrogens with two attached hydrogens (primary N) is 1. The van der Waals surface area contributed by atoms with Crippen LogP contribution >= 0.6 is 0 Å². The molecule has 0 aliphatic carbocycles. The Hall–Kier alpha value is -2.77. The summed E-state index contributed by atoms with van der Waals surface area (Å²) in [4.78, 5) is 11.2. The summed E-state index contributed by atoms with van der Waals surface area (Å²) in [6.07, 6.45) is -1.33. The van der Waals surface area contributed by atoms with Gasteiger partial charge >= 0.3 is 0 Å². The van der Waals surface area contributed by atoms with Crippen molar-refractivity contribution in [3.8, 4) is 17.2 Å². The topological polar surface area (TPSA) is 114 Å². The zero-order valence-electron chi connectivity index (χ0n) is 14.8. The molecule has 2 aromatic rings. The van der Waals surface area contributed by atoms with Crippen LogP contribution in [0.25, 0.3) is 0 Å². The first-order valence-electron chi connectivity index (χ1n) is 8.27. The van der Waals surface area contributed by atoms with Gasteiger partial charge in [0, 0.05) is 6.54 Å². The molecule has 140 valence electrons. The lowest BCUT2D eigenvalue weighted by Crippen LogP contribution is -2.44. The number of amides is 1. The molecule has 0 aliphatic rings. The van der Waals surface area contributed by atoms with Gasteiger partial charge in [0.2, 0.25) is 0 Å². The number of aryl methyl sites for hydroxylation is 1. The van der Waals surface area contributed by atoms with Gasteiger partial charge < -0.3 is 25.4 Å². The minimum absolute atomic E-state index is 0.0000897. The van der Waals surface area contributed by atoms with Gasteiger partial charge in [-0.3, -0.25) is 10.1 Å². The van der Waals surface area contributed by atoms with E-state index in [0.29, 0.717) is 18.0 Å². The molecule has 7 heteroatoms. The van der Waals surface area contributed by atoms with Crippen LogP contribution in [0.5, 0.6) is 17.2 Å². The molecule has 0 bridgehead atoms. The van der Waals surface area contributed by atoms with E-state index in [1.54, 1.807) is 6.92 Å². The number of hydrogen-bond donors (Lipinski definition) is 4. The summed E-state index contributed by atoms with van der Waals surface area (Å²) in [6.45, 7) is 4.26. The summed E-state index contributed by atoms with van der Waals surface area (Å²) >= 11 is 0. The Morgan fingerprint density at radius 2 is 2.00 bits per heavy atom. The number of aliphatic hydroxyl groups excluding tert-OH is 1. The van der Waals surface area contributed by atoms with Gasteiger partial charge in [-0.2, -0.15) is 0 Å². The highest BCUT2D eigenvalue weighted by molar-refractivity contribution is 5.95. The molecule has 2 aromatic carbocycles. The highest BCUT2D eigenvalue weighted by atomic mass is 16.5. The summed E-state index contributed by atoms with van der Waals surface area (Å²) in [7, 11) is 0. The first-order chi connectivity index (χ1) is 12.4. The Morgan fingerprint density at radius 1 is 1.23 bits per heavy atom. The van der Waals surface area contributed by atoms with Gasteiger partial charge in [-0.05, 0) is 49.7 Å². The zero-order valence-corrected chi connectivity index (χ0v) is 14.8. The smallest absolute Gasteiger partial charge is 0.252 e. The van der Waals surface area contributed by atoms with Crippen LogP contribution in [0.15, 0.2) is 42.5 Å². The molecule has 0 aromatic heterocycles. The SMILES string of the molecule is Cc1cccc(OC(NCCOc2ccc(O)c(C(N)=O)c2)C(C)O)c1. The number of nitrogens with one attached hydrogen (secondary N) is 1. The molecular weight excluding hydrogens is 336 g/mol. The highest BCUT2D eigenvalue weighted by Crippen LogP contribution is 2.22. The molecule has 7 nitrogen and oxygen atoms in total. The van der Waals surface area contributed by atoms with Crippen LogP contribution in [-0.4, -0.2) is 41.6 Å². The molecule has 0 radical (unpaired) electrons. The summed E-state index contributed by atoms with van der Waals surface area (Å²) < 4.78 is 11.3. The van der Waals surface area contributed by atoms with E-state index in [-0.39, 0.29) is 17.9 Å². The van der Waals surface area contributed by atoms with Crippen molar-refractivity contribution in [2.75, 3.05) is 13.2 Å². The standard InChI is InChI=1S/C19H24N2O5/c1-12-4-3-5-15(10-12)26-19(13(2)22)21-8-9-25-14-6-7-17(23)16(11-14)18(20)24/h3-7,10-11,13,19,21-23H,8-9H2,1-2H3,(H2,20,24). The second-order valence-corrected chi connectivity index (χ2v) is 5.94. The normalized spacial score (nSPS) is 13.0. The lowest BCUT2D eigenvalue weighted by Gasteiger charge is -2.23. The van der Waals surface area contributed by atoms with Crippen molar-refractivity contribution < 1.29 is 24.5 Å². The number of aromatic hydroxyl groups is 1. The molecule has 26 heavy (non-hydrogen) atoms. The van der Waals surface area contributed by atoms with Crippen molar-refractivity contribution >= 4 is 5.91 Å². The number of benzene rings is 2. The molecule has 2 rings (SSSR count). The fourth-order valence-electron chi connectivity index (χ4n) is 2.32. The lowest BCUT2D eigenvalue weighted by atomic mass is 10.2. The first kappa shape index (κ1) is 19.6. The van der Waals surface area contributed by atoms with E-state index in [1.165, 1.54) is 18.2 Å². The summed E-state index contributed by atoms with van der Waals surface area (Å²) in [5.74, 6) is 0.149. The maximum atomic E-state index is 11.2. The number of phenols is 1. The molecule has 2 unspecified atom stereocenters. The van der Waals surface area contributed by atoms with E-state index in [9.17, 15) is 15.0 Å². The molecular formula is C19H24N2O5. The highest BCUT2D eigenvalue weighted by Gasteiger charge is 2.16. The minimum Gasteiger partial charge on any atom is -0.507 e. The van der Waals surface area contributed by atoms with Crippen molar-refractivity contribution in [2.45, 2.75) is 26.2 Å². The van der Waals surface area contributed by atoms with Crippen molar-refractivity contribution in [1.82, 2.24) is 5.32 Å². The maximum Gasteiger partial charge on any atom is 0.252 e. The quantitative estimate of drug-likeness (QED) is 0.399. The predicted molar refractivity (Wildman–Crippen MR) is 97.4 cm³/mol. The Labute approximate surface area is 152 Å². The van der Waals surface area contributed by atoms with Crippen molar-refractivity contribution in [2.24, 2.45) is 5.73 Å². The molecule has 0 fully saturated rings. The van der Waals surface area contributed by atoms with E-state index in [1.807, 2.05) is 31.2 Å². The average Bonchev–Trinajstić information content (AvgIpc) is 2.58. The van der Waals surface area contributed by atoms with Crippen molar-refractivity contribution in [1.29, 1.82) is 0 Å². The maximum absolute atomic E-state index is 11.2. The van der Waals surface area contributed by atoms with Crippen LogP contribution in [-0.2, 0) is 0 Å². The second-order valence-electron chi connectivity index (χ2n) is 5.94. The molecule has 0 spiro atoms. The number of aliphatic hydroxyl groups is 1. The van der Waals surface area contributed by atoms with Gasteiger partial charge in [-0.15, -0.1) is 0 Å². The van der Waals surface area contributed by atoms with Gasteiger partial charge in [0.1, 0.15) is 30.0 Å². The van der Waals surface area contributed by atoms with Crippen LogP contribution in [0, 0.1) is 6.92 Å². The van der Waals surface area contributed by atoms with Crippen LogP contribution < -0.4 is 20.5 Å². The molecule has 0 saturated heterocycles. The Kier molecular flexibility index (Phi) is 6.82. The number of hydrogen-bond acceptors (Lipinski definition) is 6. The van der Waals surface area contributed by atoms with E-state index >= 15 is 0 Å². The molecule has 2 atom stereocenters. The zero-order chi connectivity index (χ0) is 19.1. The molecule has 0 heterocycles. The number of ether oxygens (including phenoxy) is 2. The number of rotatable bonds is 9. The number of carbonyl (C=O) groups is 1. The minimum atomic E-state index is -0.731. The Morgan fingerprint density at radius 3 is 2.65 bits per heavy atom. The van der Waals surface area contributed by atoms with Crippen LogP contribution in [0.3, 0.4) is 0 Å². The second kappa shape index (κ2) is 9.07. The van der Waals surface area contributed by atoms with Gasteiger partial charge in [-0.1, -0.05) is 12.1 Å². The summed E-state index contributed by atoms with van der Waals surface area (Å²) in [6, 6.07) is 11.8. The first-order valence-corrected chi connectivity index (χ1v) is 8.27. The lowest BCUT2D eigenvalue weighted by molar-refractivity contribution is 0.0251. The largest absolute Gasteiger partial charge is 0.507 e. The third-order valence-electron chi connectivity index (χ3n) is 3.64. The molecule has 1 amide bonds. The fraction of sp³-hybridized carbons (Fsp3) is 0.316. The van der Waals surface area contributed by atoms with Gasteiger partial charge in [0.05, 0.1) is 5.56 Å². The van der Waals surface area contributed by atoms with E-state index in [2.05, 4.69) is 5.32 Å². The predicted octanol–water partition coefficient (Wildman–Crippen LogP) is 1.55. The van der Waals surface area contributed by atoms with Crippen molar-refractivity contribution in [3.63, 3.8) is 0 Å². The number of carbonyl (C=O) groups excluding carboxylic acids is 1. The number of primary amides is 1. The third-order valence-corrected chi connectivity index (χ3v) is 3.64. The fourth-order valence-corrected chi connectivity index (χ4v) is 2.32. The average molecular weight is 360 g/mol. The van der Waals surface area contributed by atoms with Crippen LogP contribution in [0.1, 0.15) is 22.8 Å². The van der Waals surface area contributed by atoms with E-state index in [4.69, 9.17) is 15.2 Å². The van der Waals surface area contributed by atoms with Gasteiger partial charge in [0.15, 0.2) is 6.23 Å². The molecule has 0 saturated carbocycles. The van der Waals surface area contributed by atoms with Crippen LogP contribution in [0.2, 0.25) is 0 Å². The Bertz CT molecular complexity index is 748. The molecule has 0 aliphatic heterocycles. The Balaban J connectivity index is 1.86.